The minimum Gasteiger partial charge on any atom is -0.468 e. The number of methoxy groups -OCH3 is 1. The topological polar surface area (TPSA) is 46.6 Å². The number of hydrogen-bond acceptors (Lipinski definition) is 4. The Kier molecular flexibility index (Phi) is 2.81. The largest absolute Gasteiger partial charge is 0.468 e. The number of rotatable bonds is 1. The number of likely N-dealkylation sites (tertiary alicyclic amines) is 1. The summed E-state index contributed by atoms with van der Waals surface area (Å²) < 4.78 is 4.52. The van der Waals surface area contributed by atoms with Gasteiger partial charge in [0.1, 0.15) is 11.7 Å². The highest BCUT2D eigenvalue weighted by molar-refractivity contribution is 5.99. The smallest absolute Gasteiger partial charge is 0.317 e. The number of carbonyl (C=O) groups excluding carboxylic acids is 2. The highest BCUT2D eigenvalue weighted by Gasteiger charge is 2.31. The number of ether oxygens (including phenoxy) is 1. The minimum absolute atomic E-state index is 0.0000463. The van der Waals surface area contributed by atoms with Crippen molar-refractivity contribution in [3.05, 3.63) is 0 Å². The quantitative estimate of drug-likeness (QED) is 0.400. The second-order valence-electron chi connectivity index (χ2n) is 3.05. The molecular weight excluding hydrogens is 158 g/mol. The molecule has 0 saturated carbocycles. The van der Waals surface area contributed by atoms with Gasteiger partial charge in [-0.3, -0.25) is 9.59 Å². The lowest BCUT2D eigenvalue weighted by atomic mass is 9.97. The summed E-state index contributed by atoms with van der Waals surface area (Å²) in [4.78, 5) is 24.2. The monoisotopic (exact) mass is 171 g/mol. The van der Waals surface area contributed by atoms with Crippen LogP contribution in [0, 0.1) is 5.92 Å². The average molecular weight is 171 g/mol. The molecule has 0 amide bonds. The van der Waals surface area contributed by atoms with Gasteiger partial charge in [0.25, 0.3) is 0 Å². The molecule has 0 unspecified atom stereocenters. The van der Waals surface area contributed by atoms with E-state index in [-0.39, 0.29) is 5.78 Å². The third-order valence-electron chi connectivity index (χ3n) is 2.11. The third-order valence-corrected chi connectivity index (χ3v) is 2.11. The molecule has 4 heteroatoms. The zero-order chi connectivity index (χ0) is 9.14. The van der Waals surface area contributed by atoms with Gasteiger partial charge in [-0.1, -0.05) is 0 Å². The van der Waals surface area contributed by atoms with Crippen molar-refractivity contribution in [3.63, 3.8) is 0 Å². The fourth-order valence-electron chi connectivity index (χ4n) is 1.33. The third kappa shape index (κ3) is 1.82. The molecule has 1 atom stereocenters. The van der Waals surface area contributed by atoms with Crippen LogP contribution in [0.3, 0.4) is 0 Å². The Labute approximate surface area is 71.5 Å². The van der Waals surface area contributed by atoms with Gasteiger partial charge >= 0.3 is 5.97 Å². The van der Waals surface area contributed by atoms with Gasteiger partial charge in [-0.05, 0) is 7.05 Å². The number of piperidine rings is 1. The number of Topliss-reactive ketones (excluding diaryl/α,β-unsaturated/α-hetero) is 1. The van der Waals surface area contributed by atoms with Crippen molar-refractivity contribution in [1.29, 1.82) is 0 Å². The molecule has 0 aliphatic carbocycles. The lowest BCUT2D eigenvalue weighted by Crippen LogP contribution is -2.42. The molecule has 1 saturated heterocycles. The number of ketones is 1. The first-order valence-corrected chi connectivity index (χ1v) is 3.94. The number of carbonyl (C=O) groups is 2. The van der Waals surface area contributed by atoms with Gasteiger partial charge in [-0.2, -0.15) is 0 Å². The number of nitrogens with zero attached hydrogens (tertiary/aromatic N) is 1. The molecule has 68 valence electrons. The first-order chi connectivity index (χ1) is 5.65. The van der Waals surface area contributed by atoms with Crippen LogP contribution in [0.15, 0.2) is 0 Å². The normalized spacial score (nSPS) is 25.5. The Balaban J connectivity index is 2.60. The molecule has 0 spiro atoms. The Morgan fingerprint density at radius 2 is 2.33 bits per heavy atom. The molecule has 1 aliphatic rings. The Morgan fingerprint density at radius 1 is 1.67 bits per heavy atom. The van der Waals surface area contributed by atoms with Crippen LogP contribution < -0.4 is 0 Å². The van der Waals surface area contributed by atoms with Crippen molar-refractivity contribution in [1.82, 2.24) is 4.90 Å². The molecule has 0 bridgehead atoms. The van der Waals surface area contributed by atoms with Crippen LogP contribution in [0.2, 0.25) is 0 Å². The van der Waals surface area contributed by atoms with E-state index >= 15 is 0 Å². The van der Waals surface area contributed by atoms with Crippen molar-refractivity contribution in [2.24, 2.45) is 5.92 Å². The zero-order valence-corrected chi connectivity index (χ0v) is 7.37. The van der Waals surface area contributed by atoms with Crippen LogP contribution in [-0.2, 0) is 14.3 Å². The fourth-order valence-corrected chi connectivity index (χ4v) is 1.33. The Morgan fingerprint density at radius 3 is 2.92 bits per heavy atom. The summed E-state index contributed by atoms with van der Waals surface area (Å²) >= 11 is 0. The molecule has 1 heterocycles. The van der Waals surface area contributed by atoms with E-state index in [1.54, 1.807) is 0 Å². The van der Waals surface area contributed by atoms with Crippen LogP contribution in [0.1, 0.15) is 6.42 Å². The van der Waals surface area contributed by atoms with Crippen molar-refractivity contribution in [2.75, 3.05) is 27.2 Å². The summed E-state index contributed by atoms with van der Waals surface area (Å²) in [6, 6.07) is 0. The van der Waals surface area contributed by atoms with E-state index in [9.17, 15) is 9.59 Å². The lowest BCUT2D eigenvalue weighted by Gasteiger charge is -2.26. The molecule has 0 aromatic heterocycles. The van der Waals surface area contributed by atoms with E-state index in [0.717, 1.165) is 6.54 Å². The van der Waals surface area contributed by atoms with Crippen LogP contribution >= 0.6 is 0 Å². The van der Waals surface area contributed by atoms with E-state index in [0.29, 0.717) is 13.0 Å². The molecule has 0 radical (unpaired) electrons. The maximum absolute atomic E-state index is 11.2. The van der Waals surface area contributed by atoms with Crippen LogP contribution in [-0.4, -0.2) is 43.9 Å². The van der Waals surface area contributed by atoms with Gasteiger partial charge < -0.3 is 9.64 Å². The van der Waals surface area contributed by atoms with Gasteiger partial charge in [0, 0.05) is 19.5 Å². The predicted octanol–water partition coefficient (Wildman–Crippen LogP) is -0.320. The van der Waals surface area contributed by atoms with Gasteiger partial charge in [-0.15, -0.1) is 0 Å². The summed E-state index contributed by atoms with van der Waals surface area (Å²) in [5.41, 5.74) is 0. The molecule has 0 aromatic carbocycles. The summed E-state index contributed by atoms with van der Waals surface area (Å²) in [7, 11) is 3.20. The molecule has 0 aromatic rings. The molecular formula is C8H13NO3. The minimum atomic E-state index is -0.561. The zero-order valence-electron chi connectivity index (χ0n) is 7.37. The maximum Gasteiger partial charge on any atom is 0.317 e. The Hall–Kier alpha value is -0.900. The molecule has 4 nitrogen and oxygen atoms in total. The van der Waals surface area contributed by atoms with E-state index < -0.39 is 11.9 Å². The van der Waals surface area contributed by atoms with Crippen LogP contribution in [0.25, 0.3) is 0 Å². The van der Waals surface area contributed by atoms with Gasteiger partial charge in [0.15, 0.2) is 0 Å². The summed E-state index contributed by atoms with van der Waals surface area (Å²) in [6.45, 7) is 1.23. The van der Waals surface area contributed by atoms with Crippen LogP contribution in [0.4, 0.5) is 0 Å². The second-order valence-corrected chi connectivity index (χ2v) is 3.05. The predicted molar refractivity (Wildman–Crippen MR) is 42.6 cm³/mol. The number of esters is 1. The highest BCUT2D eigenvalue weighted by Crippen LogP contribution is 2.12. The van der Waals surface area contributed by atoms with E-state index in [1.807, 2.05) is 11.9 Å². The van der Waals surface area contributed by atoms with E-state index in [2.05, 4.69) is 4.74 Å². The lowest BCUT2D eigenvalue weighted by molar-refractivity contribution is -0.151. The fraction of sp³-hybridized carbons (Fsp3) is 0.750. The Bertz CT molecular complexity index is 194. The van der Waals surface area contributed by atoms with Crippen molar-refractivity contribution >= 4 is 11.8 Å². The first-order valence-electron chi connectivity index (χ1n) is 3.94. The summed E-state index contributed by atoms with van der Waals surface area (Å²) in [5.74, 6) is -0.972. The average Bonchev–Trinajstić information content (AvgIpc) is 2.08. The van der Waals surface area contributed by atoms with Crippen molar-refractivity contribution in [3.8, 4) is 0 Å². The molecule has 12 heavy (non-hydrogen) atoms. The first kappa shape index (κ1) is 9.19. The summed E-state index contributed by atoms with van der Waals surface area (Å²) in [6.07, 6.45) is 0.455. The molecule has 1 fully saturated rings. The van der Waals surface area contributed by atoms with Crippen molar-refractivity contribution in [2.45, 2.75) is 6.42 Å². The van der Waals surface area contributed by atoms with Gasteiger partial charge in [0.2, 0.25) is 0 Å². The number of hydrogen-bond donors (Lipinski definition) is 0. The molecule has 1 rings (SSSR count). The SMILES string of the molecule is COC(=O)[C@@H]1CN(C)CCC1=O. The van der Waals surface area contributed by atoms with Crippen molar-refractivity contribution < 1.29 is 14.3 Å². The molecule has 0 N–H and O–H groups in total. The van der Waals surface area contributed by atoms with Gasteiger partial charge in [-0.25, -0.2) is 0 Å². The molecule has 1 aliphatic heterocycles. The van der Waals surface area contributed by atoms with E-state index in [4.69, 9.17) is 0 Å². The van der Waals surface area contributed by atoms with Gasteiger partial charge in [0.05, 0.1) is 7.11 Å². The van der Waals surface area contributed by atoms with E-state index in [1.165, 1.54) is 7.11 Å². The highest BCUT2D eigenvalue weighted by atomic mass is 16.5. The standard InChI is InChI=1S/C8H13NO3/c1-9-4-3-7(10)6(5-9)8(11)12-2/h6H,3-5H2,1-2H3/t6-/m1/s1. The summed E-state index contributed by atoms with van der Waals surface area (Å²) in [5, 5.41) is 0. The maximum atomic E-state index is 11.2. The van der Waals surface area contributed by atoms with Crippen LogP contribution in [0.5, 0.6) is 0 Å². The second kappa shape index (κ2) is 3.67.